The Morgan fingerprint density at radius 1 is 1.14 bits per heavy atom. The largest absolute Gasteiger partial charge is 0.333 e. The number of anilines is 1. The number of rotatable bonds is 7. The van der Waals surface area contributed by atoms with E-state index >= 15 is 0 Å². The number of hydrogen-bond acceptors (Lipinski definition) is 4. The number of urea groups is 1. The summed E-state index contributed by atoms with van der Waals surface area (Å²) in [6.45, 7) is 2.55. The Bertz CT molecular complexity index is 878. The molecule has 2 heterocycles. The Morgan fingerprint density at radius 2 is 1.89 bits per heavy atom. The summed E-state index contributed by atoms with van der Waals surface area (Å²) in [5.74, 6) is 0. The Kier molecular flexibility index (Phi) is 6.39. The quantitative estimate of drug-likeness (QED) is 0.662. The second kappa shape index (κ2) is 9.14. The van der Waals surface area contributed by atoms with E-state index in [-0.39, 0.29) is 18.1 Å². The fraction of sp³-hybridized carbons (Fsp3) is 0.286. The molecule has 0 aliphatic heterocycles. The van der Waals surface area contributed by atoms with Gasteiger partial charge in [0.2, 0.25) is 0 Å². The number of amides is 2. The van der Waals surface area contributed by atoms with Crippen molar-refractivity contribution < 1.29 is 4.79 Å². The first-order valence-electron chi connectivity index (χ1n) is 9.24. The van der Waals surface area contributed by atoms with Crippen LogP contribution < -0.4 is 10.6 Å². The smallest absolute Gasteiger partial charge is 0.319 e. The lowest BCUT2D eigenvalue weighted by Crippen LogP contribution is -2.44. The van der Waals surface area contributed by atoms with Gasteiger partial charge in [-0.3, -0.25) is 9.67 Å². The van der Waals surface area contributed by atoms with Crippen molar-refractivity contribution in [2.75, 3.05) is 19.4 Å². The highest BCUT2D eigenvalue weighted by Gasteiger charge is 2.23. The second-order valence-corrected chi connectivity index (χ2v) is 6.95. The molecule has 3 rings (SSSR count). The van der Waals surface area contributed by atoms with Gasteiger partial charge in [0, 0.05) is 18.4 Å². The Hall–Kier alpha value is -3.19. The number of nitrogens with one attached hydrogen (secondary N) is 2. The van der Waals surface area contributed by atoms with E-state index in [1.54, 1.807) is 23.3 Å². The molecule has 0 saturated carbocycles. The van der Waals surface area contributed by atoms with Gasteiger partial charge in [0.1, 0.15) is 0 Å². The maximum atomic E-state index is 12.5. The number of nitrogens with zero attached hydrogens (tertiary/aromatic N) is 4. The van der Waals surface area contributed by atoms with Gasteiger partial charge < -0.3 is 15.5 Å². The van der Waals surface area contributed by atoms with Crippen LogP contribution >= 0.6 is 0 Å². The van der Waals surface area contributed by atoms with Gasteiger partial charge in [0.25, 0.3) is 0 Å². The predicted octanol–water partition coefficient (Wildman–Crippen LogP) is 3.14. The van der Waals surface area contributed by atoms with Crippen molar-refractivity contribution in [3.63, 3.8) is 0 Å². The van der Waals surface area contributed by atoms with E-state index in [4.69, 9.17) is 0 Å². The molecule has 3 aromatic rings. The van der Waals surface area contributed by atoms with E-state index in [1.165, 1.54) is 0 Å². The first-order valence-corrected chi connectivity index (χ1v) is 9.24. The summed E-state index contributed by atoms with van der Waals surface area (Å²) < 4.78 is 1.74. The van der Waals surface area contributed by atoms with E-state index in [0.717, 1.165) is 11.3 Å². The van der Waals surface area contributed by atoms with E-state index in [9.17, 15) is 4.79 Å². The highest BCUT2D eigenvalue weighted by Crippen LogP contribution is 2.21. The van der Waals surface area contributed by atoms with Crippen molar-refractivity contribution in [1.82, 2.24) is 25.0 Å². The van der Waals surface area contributed by atoms with Crippen molar-refractivity contribution in [1.29, 1.82) is 0 Å². The molecule has 2 N–H and O–H groups in total. The molecular weight excluding hydrogens is 352 g/mol. The Morgan fingerprint density at radius 3 is 2.57 bits per heavy atom. The first-order chi connectivity index (χ1) is 13.5. The van der Waals surface area contributed by atoms with E-state index < -0.39 is 0 Å². The van der Waals surface area contributed by atoms with Gasteiger partial charge in [0.15, 0.2) is 0 Å². The predicted molar refractivity (Wildman–Crippen MR) is 110 cm³/mol. The van der Waals surface area contributed by atoms with Crippen LogP contribution in [0.3, 0.4) is 0 Å². The molecule has 7 nitrogen and oxygen atoms in total. The number of hydrogen-bond donors (Lipinski definition) is 2. The van der Waals surface area contributed by atoms with Crippen LogP contribution in [0.15, 0.2) is 67.1 Å². The highest BCUT2D eigenvalue weighted by atomic mass is 16.2. The summed E-state index contributed by atoms with van der Waals surface area (Å²) in [4.78, 5) is 18.8. The second-order valence-electron chi connectivity index (χ2n) is 6.95. The first kappa shape index (κ1) is 19.6. The van der Waals surface area contributed by atoms with Crippen LogP contribution in [-0.4, -0.2) is 45.8 Å². The zero-order valence-corrected chi connectivity index (χ0v) is 16.4. The fourth-order valence-corrected chi connectivity index (χ4v) is 3.31. The monoisotopic (exact) mass is 378 g/mol. The molecule has 1 aromatic carbocycles. The topological polar surface area (TPSA) is 75.1 Å². The molecule has 28 heavy (non-hydrogen) atoms. The molecule has 2 amide bonds. The number of aromatic nitrogens is 3. The minimum Gasteiger partial charge on any atom is -0.333 e. The van der Waals surface area contributed by atoms with Crippen LogP contribution in [0.25, 0.3) is 0 Å². The highest BCUT2D eigenvalue weighted by molar-refractivity contribution is 5.89. The zero-order chi connectivity index (χ0) is 19.9. The molecule has 0 fully saturated rings. The maximum absolute atomic E-state index is 12.5. The van der Waals surface area contributed by atoms with Crippen LogP contribution in [0.2, 0.25) is 0 Å². The molecule has 0 bridgehead atoms. The third kappa shape index (κ3) is 5.17. The summed E-state index contributed by atoms with van der Waals surface area (Å²) in [6, 6.07) is 15.6. The summed E-state index contributed by atoms with van der Waals surface area (Å²) >= 11 is 0. The Balaban J connectivity index is 1.59. The summed E-state index contributed by atoms with van der Waals surface area (Å²) in [6.07, 6.45) is 5.17. The van der Waals surface area contributed by atoms with Crippen molar-refractivity contribution in [3.8, 4) is 0 Å². The lowest BCUT2D eigenvalue weighted by Gasteiger charge is -2.31. The van der Waals surface area contributed by atoms with Crippen LogP contribution in [-0.2, 0) is 6.54 Å². The third-order valence-electron chi connectivity index (χ3n) is 4.47. The molecule has 146 valence electrons. The average Bonchev–Trinajstić information content (AvgIpc) is 3.09. The lowest BCUT2D eigenvalue weighted by molar-refractivity contribution is 0.223. The molecule has 2 aromatic heterocycles. The summed E-state index contributed by atoms with van der Waals surface area (Å²) in [5, 5.41) is 10.2. The minimum absolute atomic E-state index is 0.0684. The third-order valence-corrected chi connectivity index (χ3v) is 4.47. The number of likely N-dealkylation sites (N-methyl/N-ethyl adjacent to an activating group) is 1. The SMILES string of the molecule is C[C@H](NC(=O)Nc1cnn(Cc2ccccn2)c1)[C@@H](c1ccccc1)N(C)C. The van der Waals surface area contributed by atoms with Gasteiger partial charge in [-0.1, -0.05) is 36.4 Å². The van der Waals surface area contributed by atoms with Gasteiger partial charge >= 0.3 is 6.03 Å². The number of carbonyl (C=O) groups excluding carboxylic acids is 1. The molecule has 7 heteroatoms. The van der Waals surface area contributed by atoms with Crippen LogP contribution in [0.4, 0.5) is 10.5 Å². The summed E-state index contributed by atoms with van der Waals surface area (Å²) in [5.41, 5.74) is 2.71. The molecule has 0 unspecified atom stereocenters. The number of carbonyl (C=O) groups is 1. The zero-order valence-electron chi connectivity index (χ0n) is 16.4. The van der Waals surface area contributed by atoms with Gasteiger partial charge in [-0.25, -0.2) is 4.79 Å². The van der Waals surface area contributed by atoms with Gasteiger partial charge in [-0.05, 0) is 38.7 Å². The molecule has 0 radical (unpaired) electrons. The molecule has 0 saturated heterocycles. The Labute approximate surface area is 165 Å². The standard InChI is InChI=1S/C21H26N6O/c1-16(20(26(2)3)17-9-5-4-6-10-17)24-21(28)25-19-13-23-27(15-19)14-18-11-7-8-12-22-18/h4-13,15-16,20H,14H2,1-3H3,(H2,24,25,28)/t16-,20-/m0/s1. The van der Waals surface area contributed by atoms with E-state index in [2.05, 4.69) is 37.7 Å². The minimum atomic E-state index is -0.257. The van der Waals surface area contributed by atoms with Crippen molar-refractivity contribution in [2.45, 2.75) is 25.6 Å². The van der Waals surface area contributed by atoms with Gasteiger partial charge in [-0.15, -0.1) is 0 Å². The maximum Gasteiger partial charge on any atom is 0.319 e. The number of benzene rings is 1. The fourth-order valence-electron chi connectivity index (χ4n) is 3.31. The average molecular weight is 378 g/mol. The normalized spacial score (nSPS) is 13.1. The summed E-state index contributed by atoms with van der Waals surface area (Å²) in [7, 11) is 4.02. The van der Waals surface area contributed by atoms with E-state index in [0.29, 0.717) is 12.2 Å². The number of pyridine rings is 1. The molecule has 0 spiro atoms. The van der Waals surface area contributed by atoms with E-state index in [1.807, 2.05) is 57.4 Å². The molecule has 2 atom stereocenters. The van der Waals surface area contributed by atoms with Gasteiger partial charge in [0.05, 0.1) is 30.2 Å². The molecular formula is C21H26N6O. The molecule has 0 aliphatic rings. The van der Waals surface area contributed by atoms with Crippen molar-refractivity contribution >= 4 is 11.7 Å². The van der Waals surface area contributed by atoms with Crippen molar-refractivity contribution in [2.24, 2.45) is 0 Å². The van der Waals surface area contributed by atoms with Crippen LogP contribution in [0.1, 0.15) is 24.2 Å². The van der Waals surface area contributed by atoms with Gasteiger partial charge in [-0.2, -0.15) is 5.10 Å². The lowest BCUT2D eigenvalue weighted by atomic mass is 9.99. The van der Waals surface area contributed by atoms with Crippen LogP contribution in [0.5, 0.6) is 0 Å². The van der Waals surface area contributed by atoms with Crippen molar-refractivity contribution in [3.05, 3.63) is 78.4 Å². The molecule has 0 aliphatic carbocycles. The van der Waals surface area contributed by atoms with Crippen LogP contribution in [0, 0.1) is 0 Å².